The van der Waals surface area contributed by atoms with Crippen LogP contribution in [0.4, 0.5) is 5.69 Å². The Hall–Kier alpha value is -0.440. The summed E-state index contributed by atoms with van der Waals surface area (Å²) < 4.78 is 7.37. The van der Waals surface area contributed by atoms with Crippen LogP contribution in [0.5, 0.6) is 0 Å². The van der Waals surface area contributed by atoms with Gasteiger partial charge in [0.25, 0.3) is 0 Å². The van der Waals surface area contributed by atoms with E-state index in [2.05, 4.69) is 37.6 Å². The maximum atomic E-state index is 12.1. The van der Waals surface area contributed by atoms with Gasteiger partial charge in [-0.25, -0.2) is 4.79 Å². The van der Waals surface area contributed by atoms with E-state index in [4.69, 9.17) is 16.3 Å². The van der Waals surface area contributed by atoms with Crippen molar-refractivity contribution in [3.8, 4) is 10.4 Å². The average Bonchev–Trinajstić information content (AvgIpc) is 2.76. The van der Waals surface area contributed by atoms with E-state index >= 15 is 0 Å². The van der Waals surface area contributed by atoms with Gasteiger partial charge in [0, 0.05) is 47.3 Å². The Morgan fingerprint density at radius 3 is 3.00 bits per heavy atom. The van der Waals surface area contributed by atoms with E-state index in [0.29, 0.717) is 16.5 Å². The third-order valence-electron chi connectivity index (χ3n) is 3.47. The van der Waals surface area contributed by atoms with Crippen LogP contribution in [0.2, 0.25) is 5.02 Å². The fourth-order valence-corrected chi connectivity index (χ4v) is 5.73. The number of halogens is 2. The van der Waals surface area contributed by atoms with Crippen LogP contribution in [0.25, 0.3) is 10.4 Å². The molecule has 0 amide bonds. The van der Waals surface area contributed by atoms with E-state index in [0.717, 1.165) is 34.7 Å². The number of carbonyl (C=O) groups excluding carboxylic acids is 1. The molecule has 0 unspecified atom stereocenters. The standard InChI is InChI=1S/C15H13ClINO2S2/c1-2-20-15(19)14-12(16)10-7-8-18(22-17)11-6-4-3-5-9(11)13(10)21-14/h3-6H,2,7-8H2,1H3. The second-order valence-corrected chi connectivity index (χ2v) is 7.87. The van der Waals surface area contributed by atoms with E-state index < -0.39 is 0 Å². The van der Waals surface area contributed by atoms with Gasteiger partial charge in [0.2, 0.25) is 0 Å². The third kappa shape index (κ3) is 2.86. The number of esters is 1. The number of thiophene rings is 1. The molecule has 2 aromatic rings. The first kappa shape index (κ1) is 16.4. The summed E-state index contributed by atoms with van der Waals surface area (Å²) in [6.45, 7) is 3.01. The number of carbonyl (C=O) groups is 1. The number of rotatable bonds is 3. The van der Waals surface area contributed by atoms with Crippen molar-refractivity contribution in [3.63, 3.8) is 0 Å². The predicted octanol–water partition coefficient (Wildman–Crippen LogP) is 5.61. The number of anilines is 1. The quantitative estimate of drug-likeness (QED) is 0.335. The van der Waals surface area contributed by atoms with E-state index in [1.807, 2.05) is 12.1 Å². The Kier molecular flexibility index (Phi) is 5.21. The second-order valence-electron chi connectivity index (χ2n) is 4.71. The fraction of sp³-hybridized carbons (Fsp3) is 0.267. The molecule has 22 heavy (non-hydrogen) atoms. The van der Waals surface area contributed by atoms with E-state index in [-0.39, 0.29) is 5.97 Å². The normalized spacial score (nSPS) is 13.3. The molecule has 0 saturated carbocycles. The highest BCUT2D eigenvalue weighted by molar-refractivity contribution is 14.2. The molecule has 0 N–H and O–H groups in total. The van der Waals surface area contributed by atoms with Gasteiger partial charge in [-0.05, 0) is 25.0 Å². The lowest BCUT2D eigenvalue weighted by Crippen LogP contribution is -2.14. The molecule has 0 fully saturated rings. The first-order valence-corrected chi connectivity index (χ1v) is 11.3. The van der Waals surface area contributed by atoms with Gasteiger partial charge in [-0.3, -0.25) is 0 Å². The first-order valence-electron chi connectivity index (χ1n) is 6.81. The lowest BCUT2D eigenvalue weighted by atomic mass is 10.1. The number of benzene rings is 1. The number of fused-ring (bicyclic) bond motifs is 3. The fourth-order valence-electron chi connectivity index (χ4n) is 2.50. The van der Waals surface area contributed by atoms with Crippen molar-refractivity contribution in [2.45, 2.75) is 13.3 Å². The lowest BCUT2D eigenvalue weighted by Gasteiger charge is -2.20. The molecule has 0 saturated heterocycles. The average molecular weight is 466 g/mol. The van der Waals surface area contributed by atoms with Gasteiger partial charge in [-0.15, -0.1) is 11.3 Å². The number of hydrogen-bond acceptors (Lipinski definition) is 5. The third-order valence-corrected chi connectivity index (χ3v) is 7.22. The highest BCUT2D eigenvalue weighted by Gasteiger charge is 2.28. The van der Waals surface area contributed by atoms with Gasteiger partial charge >= 0.3 is 5.97 Å². The molecule has 116 valence electrons. The smallest absolute Gasteiger partial charge is 0.349 e. The summed E-state index contributed by atoms with van der Waals surface area (Å²) in [5.41, 5.74) is 3.34. The van der Waals surface area contributed by atoms with Crippen LogP contribution in [0.1, 0.15) is 22.2 Å². The lowest BCUT2D eigenvalue weighted by molar-refractivity contribution is 0.0532. The van der Waals surface area contributed by atoms with Crippen molar-refractivity contribution < 1.29 is 9.53 Å². The minimum Gasteiger partial charge on any atom is -0.462 e. The van der Waals surface area contributed by atoms with Crippen LogP contribution in [0.3, 0.4) is 0 Å². The maximum absolute atomic E-state index is 12.1. The zero-order valence-electron chi connectivity index (χ0n) is 11.8. The summed E-state index contributed by atoms with van der Waals surface area (Å²) in [6, 6.07) is 8.24. The Bertz CT molecular complexity index is 720. The Morgan fingerprint density at radius 2 is 2.27 bits per heavy atom. The van der Waals surface area contributed by atoms with Crippen LogP contribution >= 0.6 is 53.3 Å². The minimum absolute atomic E-state index is 0.330. The molecule has 0 radical (unpaired) electrons. The molecule has 1 aliphatic heterocycles. The van der Waals surface area contributed by atoms with Crippen molar-refractivity contribution in [1.29, 1.82) is 0 Å². The van der Waals surface area contributed by atoms with Crippen molar-refractivity contribution in [2.24, 2.45) is 0 Å². The van der Waals surface area contributed by atoms with Crippen molar-refractivity contribution in [3.05, 3.63) is 39.7 Å². The molecule has 1 aromatic carbocycles. The minimum atomic E-state index is -0.330. The number of nitrogens with zero attached hydrogens (tertiary/aromatic N) is 1. The predicted molar refractivity (Wildman–Crippen MR) is 103 cm³/mol. The summed E-state index contributed by atoms with van der Waals surface area (Å²) in [5.74, 6) is -0.330. The molecule has 3 rings (SSSR count). The molecule has 7 heteroatoms. The highest BCUT2D eigenvalue weighted by Crippen LogP contribution is 2.47. The summed E-state index contributed by atoms with van der Waals surface area (Å²) in [5, 5.41) is 0.550. The van der Waals surface area contributed by atoms with Crippen LogP contribution in [0.15, 0.2) is 24.3 Å². The van der Waals surface area contributed by atoms with Crippen molar-refractivity contribution in [1.82, 2.24) is 0 Å². The largest absolute Gasteiger partial charge is 0.462 e. The Labute approximate surface area is 154 Å². The number of ether oxygens (including phenoxy) is 1. The molecule has 3 nitrogen and oxygen atoms in total. The van der Waals surface area contributed by atoms with E-state index in [1.54, 1.807) is 16.0 Å². The van der Waals surface area contributed by atoms with Gasteiger partial charge in [0.15, 0.2) is 0 Å². The van der Waals surface area contributed by atoms with Gasteiger partial charge in [0.05, 0.1) is 17.3 Å². The molecule has 2 heterocycles. The topological polar surface area (TPSA) is 29.5 Å². The van der Waals surface area contributed by atoms with Crippen LogP contribution in [-0.2, 0) is 11.2 Å². The van der Waals surface area contributed by atoms with Gasteiger partial charge < -0.3 is 9.04 Å². The zero-order chi connectivity index (χ0) is 15.7. The van der Waals surface area contributed by atoms with Crippen molar-refractivity contribution >= 4 is 64.9 Å². The second kappa shape index (κ2) is 6.98. The SMILES string of the molecule is CCOC(=O)c1sc2c(c1Cl)CCN(SI)c1ccccc1-2. The van der Waals surface area contributed by atoms with Crippen molar-refractivity contribution in [2.75, 3.05) is 17.5 Å². The molecule has 1 aromatic heterocycles. The summed E-state index contributed by atoms with van der Waals surface area (Å²) in [7, 11) is 1.67. The summed E-state index contributed by atoms with van der Waals surface area (Å²) in [6.07, 6.45) is 0.814. The Balaban J connectivity index is 2.15. The van der Waals surface area contributed by atoms with Gasteiger partial charge in [-0.2, -0.15) is 0 Å². The number of para-hydroxylation sites is 1. The molecule has 0 bridgehead atoms. The van der Waals surface area contributed by atoms with Gasteiger partial charge in [-0.1, -0.05) is 29.8 Å². The number of hydrogen-bond donors (Lipinski definition) is 0. The molecular formula is C15H13ClINO2S2. The monoisotopic (exact) mass is 465 g/mol. The van der Waals surface area contributed by atoms with E-state index in [1.165, 1.54) is 11.3 Å². The van der Waals surface area contributed by atoms with Crippen LogP contribution < -0.4 is 4.31 Å². The maximum Gasteiger partial charge on any atom is 0.349 e. The molecular weight excluding hydrogens is 453 g/mol. The van der Waals surface area contributed by atoms with E-state index in [9.17, 15) is 4.79 Å². The first-order chi connectivity index (χ1) is 10.7. The summed E-state index contributed by atoms with van der Waals surface area (Å²) in [4.78, 5) is 13.7. The summed E-state index contributed by atoms with van der Waals surface area (Å²) >= 11 is 10.2. The molecule has 0 atom stereocenters. The molecule has 0 spiro atoms. The Morgan fingerprint density at radius 1 is 1.50 bits per heavy atom. The molecule has 1 aliphatic rings. The molecule has 0 aliphatic carbocycles. The van der Waals surface area contributed by atoms with Crippen LogP contribution in [0, 0.1) is 0 Å². The van der Waals surface area contributed by atoms with Gasteiger partial charge in [0.1, 0.15) is 4.88 Å². The zero-order valence-corrected chi connectivity index (χ0v) is 16.3. The van der Waals surface area contributed by atoms with Crippen LogP contribution in [-0.4, -0.2) is 19.1 Å². The highest BCUT2D eigenvalue weighted by atomic mass is 127.